The zero-order valence-corrected chi connectivity index (χ0v) is 20.6. The number of hydrogen-bond acceptors (Lipinski definition) is 8. The van der Waals surface area contributed by atoms with E-state index in [0.29, 0.717) is 11.1 Å². The normalized spacial score (nSPS) is 10.0. The molecule has 2 aromatic carbocycles. The van der Waals surface area contributed by atoms with E-state index in [9.17, 15) is 19.2 Å². The molecule has 8 nitrogen and oxygen atoms in total. The molecule has 8 heteroatoms. The molecule has 186 valence electrons. The molecule has 0 N–H and O–H groups in total. The van der Waals surface area contributed by atoms with Crippen molar-refractivity contribution >= 4 is 23.9 Å². The van der Waals surface area contributed by atoms with Crippen LogP contribution in [-0.2, 0) is 19.2 Å². The zero-order chi connectivity index (χ0) is 27.2. The lowest BCUT2D eigenvalue weighted by molar-refractivity contribution is -0.132. The number of carbonyl (C=O) groups excluding carboxylic acids is 4. The van der Waals surface area contributed by atoms with Crippen LogP contribution in [0.3, 0.4) is 0 Å². The van der Waals surface area contributed by atoms with Crippen molar-refractivity contribution in [2.75, 3.05) is 0 Å². The Labute approximate surface area is 209 Å². The first-order valence-corrected chi connectivity index (χ1v) is 10.6. The van der Waals surface area contributed by atoms with Crippen LogP contribution in [0.2, 0.25) is 0 Å². The summed E-state index contributed by atoms with van der Waals surface area (Å²) in [4.78, 5) is 48.5. The highest BCUT2D eigenvalue weighted by atomic mass is 16.6. The van der Waals surface area contributed by atoms with E-state index in [2.05, 4.69) is 26.3 Å². The van der Waals surface area contributed by atoms with Crippen molar-refractivity contribution in [3.05, 3.63) is 85.0 Å². The van der Waals surface area contributed by atoms with Gasteiger partial charge in [0.05, 0.1) is 0 Å². The summed E-state index contributed by atoms with van der Waals surface area (Å²) in [7, 11) is 0. The third kappa shape index (κ3) is 7.14. The molecule has 0 fully saturated rings. The van der Waals surface area contributed by atoms with Gasteiger partial charge in [-0.15, -0.1) is 0 Å². The van der Waals surface area contributed by atoms with Crippen LogP contribution in [0.5, 0.6) is 23.0 Å². The van der Waals surface area contributed by atoms with Crippen LogP contribution < -0.4 is 18.9 Å². The van der Waals surface area contributed by atoms with Crippen molar-refractivity contribution in [3.8, 4) is 34.1 Å². The van der Waals surface area contributed by atoms with Crippen LogP contribution in [0, 0.1) is 0 Å². The maximum Gasteiger partial charge on any atom is 0.338 e. The number of esters is 4. The highest BCUT2D eigenvalue weighted by Crippen LogP contribution is 2.39. The van der Waals surface area contributed by atoms with Crippen molar-refractivity contribution in [2.45, 2.75) is 27.7 Å². The number of benzene rings is 2. The quantitative estimate of drug-likeness (QED) is 0.266. The average Bonchev–Trinajstić information content (AvgIpc) is 2.79. The summed E-state index contributed by atoms with van der Waals surface area (Å²) < 4.78 is 21.3. The first-order chi connectivity index (χ1) is 16.8. The highest BCUT2D eigenvalue weighted by molar-refractivity contribution is 5.93. The van der Waals surface area contributed by atoms with Crippen LogP contribution in [-0.4, -0.2) is 23.9 Å². The fraction of sp³-hybridized carbons (Fsp3) is 0.143. The predicted octanol–water partition coefficient (Wildman–Crippen LogP) is 5.28. The second kappa shape index (κ2) is 11.6. The Kier molecular flexibility index (Phi) is 8.88. The molecule has 0 atom stereocenters. The molecule has 0 saturated carbocycles. The Balaban J connectivity index is 2.63. The highest BCUT2D eigenvalue weighted by Gasteiger charge is 2.19. The van der Waals surface area contributed by atoms with Crippen LogP contribution >= 0.6 is 0 Å². The van der Waals surface area contributed by atoms with E-state index in [-0.39, 0.29) is 45.3 Å². The molecule has 0 spiro atoms. The lowest BCUT2D eigenvalue weighted by atomic mass is 10.0. The van der Waals surface area contributed by atoms with Gasteiger partial charge in [0.2, 0.25) is 0 Å². The standard InChI is InChI=1S/C28H26O8/c1-15(2)25(29)33-20-10-11-21(23(14-20)35-27(31)17(5)6)19-9-12-22(34-26(30)16(3)4)24(13-19)36-28(32)18(7)8/h9-14H,1,3,5,7H2,2,4,6,8H3. The zero-order valence-electron chi connectivity index (χ0n) is 20.6. The van der Waals surface area contributed by atoms with Crippen LogP contribution in [0.4, 0.5) is 0 Å². The molecule has 0 saturated heterocycles. The molecule has 0 aliphatic carbocycles. The molecule has 0 radical (unpaired) electrons. The number of hydrogen-bond donors (Lipinski definition) is 0. The van der Waals surface area contributed by atoms with E-state index in [0.717, 1.165) is 0 Å². The molecule has 0 heterocycles. The topological polar surface area (TPSA) is 105 Å². The lowest BCUT2D eigenvalue weighted by Gasteiger charge is -2.15. The second-order valence-electron chi connectivity index (χ2n) is 8.00. The maximum absolute atomic E-state index is 12.3. The molecule has 36 heavy (non-hydrogen) atoms. The summed E-state index contributed by atoms with van der Waals surface area (Å²) in [6, 6.07) is 8.79. The molecule has 2 aromatic rings. The predicted molar refractivity (Wildman–Crippen MR) is 134 cm³/mol. The summed E-state index contributed by atoms with van der Waals surface area (Å²) >= 11 is 0. The van der Waals surface area contributed by atoms with Gasteiger partial charge in [0.1, 0.15) is 11.5 Å². The first-order valence-electron chi connectivity index (χ1n) is 10.6. The largest absolute Gasteiger partial charge is 0.423 e. The average molecular weight is 491 g/mol. The molecule has 0 bridgehead atoms. The Hall–Kier alpha value is -4.72. The van der Waals surface area contributed by atoms with Gasteiger partial charge in [-0.1, -0.05) is 32.4 Å². The Morgan fingerprint density at radius 1 is 0.528 bits per heavy atom. The summed E-state index contributed by atoms with van der Waals surface area (Å²) in [6.45, 7) is 20.1. The molecular weight excluding hydrogens is 464 g/mol. The van der Waals surface area contributed by atoms with Crippen molar-refractivity contribution < 1.29 is 38.1 Å². The van der Waals surface area contributed by atoms with E-state index >= 15 is 0 Å². The SMILES string of the molecule is C=C(C)C(=O)Oc1ccc(-c2ccc(OC(=O)C(=C)C)c(OC(=O)C(=C)C)c2)c(OC(=O)C(=C)C)c1. The van der Waals surface area contributed by atoms with Gasteiger partial charge in [0.15, 0.2) is 11.5 Å². The smallest absolute Gasteiger partial charge is 0.338 e. The summed E-state index contributed by atoms with van der Waals surface area (Å²) in [5.74, 6) is -2.78. The van der Waals surface area contributed by atoms with Crippen molar-refractivity contribution in [3.63, 3.8) is 0 Å². The summed E-state index contributed by atoms with van der Waals surface area (Å²) in [5.41, 5.74) is 1.40. The number of carbonyl (C=O) groups is 4. The van der Waals surface area contributed by atoms with Gasteiger partial charge in [-0.2, -0.15) is 0 Å². The third-order valence-electron chi connectivity index (χ3n) is 4.42. The van der Waals surface area contributed by atoms with Gasteiger partial charge < -0.3 is 18.9 Å². The molecule has 0 unspecified atom stereocenters. The minimum absolute atomic E-state index is 0.0335. The van der Waals surface area contributed by atoms with Gasteiger partial charge in [0.25, 0.3) is 0 Å². The minimum Gasteiger partial charge on any atom is -0.423 e. The van der Waals surface area contributed by atoms with Gasteiger partial charge in [-0.3, -0.25) is 0 Å². The number of rotatable bonds is 9. The maximum atomic E-state index is 12.3. The van der Waals surface area contributed by atoms with E-state index in [1.807, 2.05) is 0 Å². The molecule has 0 aliphatic rings. The minimum atomic E-state index is -0.740. The monoisotopic (exact) mass is 490 g/mol. The number of ether oxygens (including phenoxy) is 4. The molecular formula is C28H26O8. The van der Waals surface area contributed by atoms with Gasteiger partial charge in [-0.25, -0.2) is 19.2 Å². The molecule has 0 aliphatic heterocycles. The van der Waals surface area contributed by atoms with Gasteiger partial charge in [-0.05, 0) is 57.5 Å². The fourth-order valence-electron chi connectivity index (χ4n) is 2.48. The van der Waals surface area contributed by atoms with Crippen molar-refractivity contribution in [1.82, 2.24) is 0 Å². The first kappa shape index (κ1) is 27.5. The third-order valence-corrected chi connectivity index (χ3v) is 4.42. The van der Waals surface area contributed by atoms with Crippen molar-refractivity contribution in [1.29, 1.82) is 0 Å². The second-order valence-corrected chi connectivity index (χ2v) is 8.00. The van der Waals surface area contributed by atoms with E-state index in [4.69, 9.17) is 18.9 Å². The van der Waals surface area contributed by atoms with E-state index < -0.39 is 23.9 Å². The Morgan fingerprint density at radius 3 is 1.47 bits per heavy atom. The van der Waals surface area contributed by atoms with E-state index in [1.54, 1.807) is 12.1 Å². The van der Waals surface area contributed by atoms with Gasteiger partial charge >= 0.3 is 23.9 Å². The van der Waals surface area contributed by atoms with Crippen LogP contribution in [0.1, 0.15) is 27.7 Å². The van der Waals surface area contributed by atoms with Crippen LogP contribution in [0.25, 0.3) is 11.1 Å². The summed E-state index contributed by atoms with van der Waals surface area (Å²) in [6.07, 6.45) is 0. The molecule has 0 aromatic heterocycles. The fourth-order valence-corrected chi connectivity index (χ4v) is 2.48. The van der Waals surface area contributed by atoms with E-state index in [1.165, 1.54) is 52.0 Å². The Morgan fingerprint density at radius 2 is 0.972 bits per heavy atom. The van der Waals surface area contributed by atoms with Crippen molar-refractivity contribution in [2.24, 2.45) is 0 Å². The lowest BCUT2D eigenvalue weighted by Crippen LogP contribution is -2.13. The molecule has 2 rings (SSSR count). The Bertz CT molecular complexity index is 1310. The van der Waals surface area contributed by atoms with Crippen LogP contribution in [0.15, 0.2) is 85.0 Å². The molecule has 0 amide bonds. The van der Waals surface area contributed by atoms with Gasteiger partial charge in [0, 0.05) is 33.9 Å². The summed E-state index contributed by atoms with van der Waals surface area (Å²) in [5, 5.41) is 0.